The monoisotopic (exact) mass is 176 g/mol. The Morgan fingerprint density at radius 1 is 1.38 bits per heavy atom. The van der Waals surface area contributed by atoms with Crippen molar-refractivity contribution in [2.24, 2.45) is 0 Å². The van der Waals surface area contributed by atoms with Crippen molar-refractivity contribution in [3.8, 4) is 0 Å². The molecule has 3 nitrogen and oxygen atoms in total. The highest BCUT2D eigenvalue weighted by molar-refractivity contribution is 5.87. The number of para-hydroxylation sites is 1. The highest BCUT2D eigenvalue weighted by Crippen LogP contribution is 2.18. The van der Waals surface area contributed by atoms with E-state index < -0.39 is 0 Å². The smallest absolute Gasteiger partial charge is 0.243 e. The summed E-state index contributed by atoms with van der Waals surface area (Å²) < 4.78 is 0. The number of hydrogen-bond donors (Lipinski definition) is 1. The number of anilines is 1. The van der Waals surface area contributed by atoms with Crippen LogP contribution in [0.1, 0.15) is 6.92 Å². The van der Waals surface area contributed by atoms with E-state index in [0.717, 1.165) is 5.69 Å². The maximum absolute atomic E-state index is 11.2. The zero-order valence-corrected chi connectivity index (χ0v) is 7.53. The van der Waals surface area contributed by atoms with E-state index in [2.05, 4.69) is 5.32 Å². The molecule has 1 aromatic carbocycles. The van der Waals surface area contributed by atoms with Crippen LogP contribution in [0.15, 0.2) is 30.3 Å². The van der Waals surface area contributed by atoms with E-state index in [9.17, 15) is 4.79 Å². The summed E-state index contributed by atoms with van der Waals surface area (Å²) in [6, 6.07) is 9.89. The Labute approximate surface area is 77.4 Å². The molecular weight excluding hydrogens is 164 g/mol. The Bertz CT molecular complexity index is 310. The topological polar surface area (TPSA) is 32.3 Å². The standard InChI is InChI=1S/C10H12N2O/c1-8-10(13)11-7-12(8)9-5-3-2-4-6-9/h2-6,8H,7H2,1H3,(H,11,13). The van der Waals surface area contributed by atoms with Crippen LogP contribution in [0.5, 0.6) is 0 Å². The molecule has 13 heavy (non-hydrogen) atoms. The Morgan fingerprint density at radius 2 is 2.08 bits per heavy atom. The molecule has 1 aliphatic heterocycles. The van der Waals surface area contributed by atoms with Crippen molar-refractivity contribution in [3.63, 3.8) is 0 Å². The number of hydrogen-bond acceptors (Lipinski definition) is 2. The fourth-order valence-corrected chi connectivity index (χ4v) is 1.52. The van der Waals surface area contributed by atoms with Gasteiger partial charge in [0.15, 0.2) is 0 Å². The Kier molecular flexibility index (Phi) is 1.93. The first-order valence-corrected chi connectivity index (χ1v) is 4.38. The lowest BCUT2D eigenvalue weighted by Gasteiger charge is -2.20. The van der Waals surface area contributed by atoms with E-state index >= 15 is 0 Å². The van der Waals surface area contributed by atoms with E-state index in [1.165, 1.54) is 0 Å². The van der Waals surface area contributed by atoms with Crippen LogP contribution >= 0.6 is 0 Å². The quantitative estimate of drug-likeness (QED) is 0.691. The third kappa shape index (κ3) is 1.37. The van der Waals surface area contributed by atoms with Crippen LogP contribution in [0.2, 0.25) is 0 Å². The number of benzene rings is 1. The first-order valence-electron chi connectivity index (χ1n) is 4.38. The van der Waals surface area contributed by atoms with Crippen molar-refractivity contribution < 1.29 is 4.79 Å². The van der Waals surface area contributed by atoms with Gasteiger partial charge in [0.1, 0.15) is 6.04 Å². The normalized spacial score (nSPS) is 21.8. The van der Waals surface area contributed by atoms with Crippen LogP contribution in [-0.4, -0.2) is 18.6 Å². The second-order valence-electron chi connectivity index (χ2n) is 3.18. The van der Waals surface area contributed by atoms with Crippen LogP contribution in [0.25, 0.3) is 0 Å². The molecule has 1 aliphatic rings. The Morgan fingerprint density at radius 3 is 2.62 bits per heavy atom. The summed E-state index contributed by atoms with van der Waals surface area (Å²) in [6.07, 6.45) is 0. The second kappa shape index (κ2) is 3.09. The maximum Gasteiger partial charge on any atom is 0.243 e. The zero-order valence-electron chi connectivity index (χ0n) is 7.53. The number of carbonyl (C=O) groups excluding carboxylic acids is 1. The van der Waals surface area contributed by atoms with E-state index in [4.69, 9.17) is 0 Å². The summed E-state index contributed by atoms with van der Waals surface area (Å²) in [5, 5.41) is 2.80. The van der Waals surface area contributed by atoms with Crippen molar-refractivity contribution in [1.82, 2.24) is 5.32 Å². The molecule has 1 aromatic rings. The largest absolute Gasteiger partial charge is 0.342 e. The minimum atomic E-state index is -0.0533. The van der Waals surface area contributed by atoms with Gasteiger partial charge >= 0.3 is 0 Å². The van der Waals surface area contributed by atoms with Crippen LogP contribution in [0.4, 0.5) is 5.69 Å². The van der Waals surface area contributed by atoms with Gasteiger partial charge in [-0.15, -0.1) is 0 Å². The second-order valence-corrected chi connectivity index (χ2v) is 3.18. The van der Waals surface area contributed by atoms with Crippen molar-refractivity contribution in [3.05, 3.63) is 30.3 Å². The van der Waals surface area contributed by atoms with Gasteiger partial charge in [-0.3, -0.25) is 4.79 Å². The number of amides is 1. The fourth-order valence-electron chi connectivity index (χ4n) is 1.52. The average Bonchev–Trinajstić information content (AvgIpc) is 2.49. The van der Waals surface area contributed by atoms with Gasteiger partial charge in [0.05, 0.1) is 6.67 Å². The molecule has 1 N–H and O–H groups in total. The molecule has 68 valence electrons. The molecule has 1 heterocycles. The molecule has 1 fully saturated rings. The van der Waals surface area contributed by atoms with Crippen LogP contribution in [-0.2, 0) is 4.79 Å². The third-order valence-corrected chi connectivity index (χ3v) is 2.36. The lowest BCUT2D eigenvalue weighted by Crippen LogP contribution is -2.29. The number of rotatable bonds is 1. The number of nitrogens with one attached hydrogen (secondary N) is 1. The summed E-state index contributed by atoms with van der Waals surface area (Å²) in [6.45, 7) is 2.53. The third-order valence-electron chi connectivity index (χ3n) is 2.36. The van der Waals surface area contributed by atoms with Crippen molar-refractivity contribution in [2.45, 2.75) is 13.0 Å². The predicted molar refractivity (Wildman–Crippen MR) is 51.4 cm³/mol. The molecule has 3 heteroatoms. The number of nitrogens with zero attached hydrogens (tertiary/aromatic N) is 1. The SMILES string of the molecule is CC1C(=O)NCN1c1ccccc1. The molecule has 1 saturated heterocycles. The molecule has 0 saturated carbocycles. The summed E-state index contributed by atoms with van der Waals surface area (Å²) in [4.78, 5) is 13.2. The highest BCUT2D eigenvalue weighted by atomic mass is 16.2. The average molecular weight is 176 g/mol. The Hall–Kier alpha value is -1.51. The molecule has 1 unspecified atom stereocenters. The molecule has 0 aromatic heterocycles. The first-order chi connectivity index (χ1) is 6.29. The molecular formula is C10H12N2O. The van der Waals surface area contributed by atoms with Crippen LogP contribution in [0.3, 0.4) is 0 Å². The van der Waals surface area contributed by atoms with Gasteiger partial charge < -0.3 is 10.2 Å². The van der Waals surface area contributed by atoms with Crippen molar-refractivity contribution in [1.29, 1.82) is 0 Å². The molecule has 1 amide bonds. The Balaban J connectivity index is 2.24. The highest BCUT2D eigenvalue weighted by Gasteiger charge is 2.27. The molecule has 0 aliphatic carbocycles. The van der Waals surface area contributed by atoms with Gasteiger partial charge in [0, 0.05) is 5.69 Å². The van der Waals surface area contributed by atoms with Crippen LogP contribution < -0.4 is 10.2 Å². The van der Waals surface area contributed by atoms with Gasteiger partial charge in [-0.25, -0.2) is 0 Å². The van der Waals surface area contributed by atoms with Gasteiger partial charge in [-0.2, -0.15) is 0 Å². The molecule has 0 bridgehead atoms. The van der Waals surface area contributed by atoms with Crippen LogP contribution in [0, 0.1) is 0 Å². The van der Waals surface area contributed by atoms with E-state index in [1.54, 1.807) is 0 Å². The first kappa shape index (κ1) is 8.10. The van der Waals surface area contributed by atoms with Crippen molar-refractivity contribution in [2.75, 3.05) is 11.6 Å². The lowest BCUT2D eigenvalue weighted by molar-refractivity contribution is -0.119. The minimum absolute atomic E-state index is 0.0533. The molecule has 0 spiro atoms. The minimum Gasteiger partial charge on any atom is -0.342 e. The predicted octanol–water partition coefficient (Wildman–Crippen LogP) is 0.969. The lowest BCUT2D eigenvalue weighted by atomic mass is 10.2. The molecule has 1 atom stereocenters. The van der Waals surface area contributed by atoms with Crippen molar-refractivity contribution >= 4 is 11.6 Å². The van der Waals surface area contributed by atoms with E-state index in [1.807, 2.05) is 42.2 Å². The summed E-state index contributed by atoms with van der Waals surface area (Å²) in [5.74, 6) is 0.101. The summed E-state index contributed by atoms with van der Waals surface area (Å²) >= 11 is 0. The molecule has 0 radical (unpaired) electrons. The van der Waals surface area contributed by atoms with Gasteiger partial charge in [-0.05, 0) is 19.1 Å². The zero-order chi connectivity index (χ0) is 9.26. The summed E-state index contributed by atoms with van der Waals surface area (Å²) in [5.41, 5.74) is 1.09. The molecule has 2 rings (SSSR count). The van der Waals surface area contributed by atoms with Gasteiger partial charge in [0.25, 0.3) is 0 Å². The summed E-state index contributed by atoms with van der Waals surface area (Å²) in [7, 11) is 0. The number of carbonyl (C=O) groups is 1. The van der Waals surface area contributed by atoms with E-state index in [0.29, 0.717) is 6.67 Å². The maximum atomic E-state index is 11.2. The van der Waals surface area contributed by atoms with Gasteiger partial charge in [-0.1, -0.05) is 18.2 Å². The van der Waals surface area contributed by atoms with E-state index in [-0.39, 0.29) is 11.9 Å². The fraction of sp³-hybridized carbons (Fsp3) is 0.300. The van der Waals surface area contributed by atoms with Gasteiger partial charge in [0.2, 0.25) is 5.91 Å².